The van der Waals surface area contributed by atoms with Crippen LogP contribution in [0.2, 0.25) is 0 Å². The third-order valence-electron chi connectivity index (χ3n) is 1.63. The van der Waals surface area contributed by atoms with Crippen LogP contribution >= 0.6 is 0 Å². The summed E-state index contributed by atoms with van der Waals surface area (Å²) in [5.74, 6) is 0.557. The van der Waals surface area contributed by atoms with Crippen LogP contribution in [0, 0.1) is 11.3 Å². The van der Waals surface area contributed by atoms with Gasteiger partial charge in [-0.2, -0.15) is 15.2 Å². The zero-order valence-electron chi connectivity index (χ0n) is 8.39. The first-order valence-corrected chi connectivity index (χ1v) is 5.69. The third-order valence-corrected chi connectivity index (χ3v) is 2.34. The number of nitriles is 1. The van der Waals surface area contributed by atoms with Gasteiger partial charge in [0.1, 0.15) is 12.1 Å². The predicted octanol–water partition coefficient (Wildman–Crippen LogP) is 0.792. The lowest BCUT2D eigenvalue weighted by Crippen LogP contribution is -2.07. The molecule has 1 aromatic rings. The molecular weight excluding hydrogens is 212 g/mol. The molecule has 0 fully saturated rings. The van der Waals surface area contributed by atoms with Gasteiger partial charge >= 0.3 is 5.16 Å². The van der Waals surface area contributed by atoms with Crippen molar-refractivity contribution in [3.05, 3.63) is 17.8 Å². The molecule has 0 saturated heterocycles. The molecule has 1 rings (SSSR count). The van der Waals surface area contributed by atoms with Gasteiger partial charge in [0.15, 0.2) is 0 Å². The molecule has 0 amide bonds. The minimum Gasteiger partial charge on any atom is -0.609 e. The Morgan fingerprint density at radius 2 is 2.40 bits per heavy atom. The second kappa shape index (κ2) is 5.34. The fraction of sp³-hybridized carbons (Fsp3) is 0.222. The SMILES string of the molecule is CNc1nc([S+](C)[O-])ncc1/C=C/C#N. The second-order valence-corrected chi connectivity index (χ2v) is 3.90. The average Bonchev–Trinajstić information content (AvgIpc) is 2.25. The number of aromatic nitrogens is 2. The summed E-state index contributed by atoms with van der Waals surface area (Å²) in [6.45, 7) is 0. The van der Waals surface area contributed by atoms with E-state index in [0.717, 1.165) is 0 Å². The van der Waals surface area contributed by atoms with Crippen molar-refractivity contribution in [2.75, 3.05) is 18.6 Å². The summed E-state index contributed by atoms with van der Waals surface area (Å²) >= 11 is -1.21. The maximum Gasteiger partial charge on any atom is 0.344 e. The van der Waals surface area contributed by atoms with Crippen LogP contribution in [-0.2, 0) is 11.2 Å². The molecule has 0 aliphatic heterocycles. The third kappa shape index (κ3) is 2.94. The van der Waals surface area contributed by atoms with E-state index in [1.807, 2.05) is 6.07 Å². The first kappa shape index (κ1) is 11.5. The minimum atomic E-state index is -1.21. The van der Waals surface area contributed by atoms with Crippen LogP contribution in [0.1, 0.15) is 5.56 Å². The van der Waals surface area contributed by atoms with E-state index < -0.39 is 11.2 Å². The van der Waals surface area contributed by atoms with E-state index in [-0.39, 0.29) is 5.16 Å². The Balaban J connectivity index is 3.10. The van der Waals surface area contributed by atoms with Crippen molar-refractivity contribution in [1.29, 1.82) is 5.26 Å². The zero-order chi connectivity index (χ0) is 11.3. The van der Waals surface area contributed by atoms with Crippen LogP contribution < -0.4 is 5.32 Å². The highest BCUT2D eigenvalue weighted by Crippen LogP contribution is 2.14. The second-order valence-electron chi connectivity index (χ2n) is 2.62. The molecule has 0 aromatic carbocycles. The molecule has 1 unspecified atom stereocenters. The molecule has 0 bridgehead atoms. The Morgan fingerprint density at radius 3 is 2.93 bits per heavy atom. The molecule has 0 aliphatic rings. The normalized spacial score (nSPS) is 12.4. The van der Waals surface area contributed by atoms with Crippen LogP contribution in [-0.4, -0.2) is 27.8 Å². The molecule has 1 N–H and O–H groups in total. The van der Waals surface area contributed by atoms with Crippen molar-refractivity contribution in [1.82, 2.24) is 9.97 Å². The zero-order valence-corrected chi connectivity index (χ0v) is 9.21. The topological polar surface area (TPSA) is 84.7 Å². The van der Waals surface area contributed by atoms with Gasteiger partial charge in [-0.25, -0.2) is 0 Å². The van der Waals surface area contributed by atoms with E-state index >= 15 is 0 Å². The van der Waals surface area contributed by atoms with Gasteiger partial charge < -0.3 is 9.87 Å². The van der Waals surface area contributed by atoms with Gasteiger partial charge in [-0.05, 0) is 6.08 Å². The molecular formula is C9H10N4OS. The highest BCUT2D eigenvalue weighted by atomic mass is 32.2. The lowest BCUT2D eigenvalue weighted by atomic mass is 10.3. The Hall–Kier alpha value is -1.58. The Bertz CT molecular complexity index is 411. The fourth-order valence-corrected chi connectivity index (χ4v) is 1.38. The predicted molar refractivity (Wildman–Crippen MR) is 58.6 cm³/mol. The van der Waals surface area contributed by atoms with E-state index in [9.17, 15) is 4.55 Å². The smallest absolute Gasteiger partial charge is 0.344 e. The molecule has 1 heterocycles. The van der Waals surface area contributed by atoms with Gasteiger partial charge in [-0.3, -0.25) is 0 Å². The van der Waals surface area contributed by atoms with Crippen molar-refractivity contribution in [2.24, 2.45) is 0 Å². The first-order valence-electron chi connectivity index (χ1n) is 4.13. The maximum atomic E-state index is 11.1. The molecule has 6 heteroatoms. The average molecular weight is 222 g/mol. The molecule has 0 radical (unpaired) electrons. The Kier molecular flexibility index (Phi) is 4.09. The number of anilines is 1. The number of hydrogen-bond donors (Lipinski definition) is 1. The number of rotatable bonds is 3. The van der Waals surface area contributed by atoms with E-state index in [1.54, 1.807) is 13.1 Å². The summed E-state index contributed by atoms with van der Waals surface area (Å²) < 4.78 is 11.1. The summed E-state index contributed by atoms with van der Waals surface area (Å²) in [7, 11) is 1.70. The van der Waals surface area contributed by atoms with Gasteiger partial charge in [-0.15, -0.1) is 0 Å². The summed E-state index contributed by atoms with van der Waals surface area (Å²) in [6, 6.07) is 1.88. The van der Waals surface area contributed by atoms with Crippen molar-refractivity contribution in [2.45, 2.75) is 5.16 Å². The van der Waals surface area contributed by atoms with Crippen molar-refractivity contribution in [3.63, 3.8) is 0 Å². The Morgan fingerprint density at radius 1 is 1.67 bits per heavy atom. The van der Waals surface area contributed by atoms with E-state index in [0.29, 0.717) is 11.4 Å². The van der Waals surface area contributed by atoms with Gasteiger partial charge in [0.2, 0.25) is 0 Å². The standard InChI is InChI=1S/C9H10N4OS/c1-11-8-7(4-3-5-10)6-12-9(13-8)15(2)14/h3-4,6H,1-2H3,(H,11,12,13)/b4-3+. The van der Waals surface area contributed by atoms with Crippen molar-refractivity contribution < 1.29 is 4.55 Å². The van der Waals surface area contributed by atoms with E-state index in [1.165, 1.54) is 18.5 Å². The Labute approximate surface area is 91.0 Å². The van der Waals surface area contributed by atoms with Crippen molar-refractivity contribution >= 4 is 23.1 Å². The number of hydrogen-bond acceptors (Lipinski definition) is 5. The monoisotopic (exact) mass is 222 g/mol. The van der Waals surface area contributed by atoms with E-state index in [2.05, 4.69) is 15.3 Å². The van der Waals surface area contributed by atoms with E-state index in [4.69, 9.17) is 5.26 Å². The maximum absolute atomic E-state index is 11.1. The first-order chi connectivity index (χ1) is 7.19. The van der Waals surface area contributed by atoms with Gasteiger partial charge in [0.25, 0.3) is 0 Å². The van der Waals surface area contributed by atoms with Crippen LogP contribution in [0.25, 0.3) is 6.08 Å². The lowest BCUT2D eigenvalue weighted by molar-refractivity contribution is 0.592. The highest BCUT2D eigenvalue weighted by molar-refractivity contribution is 7.90. The van der Waals surface area contributed by atoms with Crippen molar-refractivity contribution in [3.8, 4) is 6.07 Å². The largest absolute Gasteiger partial charge is 0.609 e. The van der Waals surface area contributed by atoms with Crippen LogP contribution in [0.3, 0.4) is 0 Å². The number of nitrogens with zero attached hydrogens (tertiary/aromatic N) is 3. The summed E-state index contributed by atoms with van der Waals surface area (Å²) in [5.41, 5.74) is 0.688. The summed E-state index contributed by atoms with van der Waals surface area (Å²) in [4.78, 5) is 7.99. The molecule has 5 nitrogen and oxygen atoms in total. The quantitative estimate of drug-likeness (QED) is 0.464. The minimum absolute atomic E-state index is 0.272. The summed E-state index contributed by atoms with van der Waals surface area (Å²) in [5, 5.41) is 11.5. The molecule has 78 valence electrons. The van der Waals surface area contributed by atoms with Gasteiger partial charge in [0.05, 0.1) is 6.07 Å². The molecule has 1 aromatic heterocycles. The van der Waals surface area contributed by atoms with Gasteiger partial charge in [0, 0.05) is 36.1 Å². The molecule has 1 atom stereocenters. The molecule has 0 saturated carbocycles. The number of nitrogens with one attached hydrogen (secondary N) is 1. The fourth-order valence-electron chi connectivity index (χ4n) is 0.963. The lowest BCUT2D eigenvalue weighted by Gasteiger charge is -2.06. The van der Waals surface area contributed by atoms with Crippen LogP contribution in [0.5, 0.6) is 0 Å². The molecule has 15 heavy (non-hydrogen) atoms. The summed E-state index contributed by atoms with van der Waals surface area (Å²) in [6.07, 6.45) is 5.97. The molecule has 0 aliphatic carbocycles. The number of allylic oxidation sites excluding steroid dienone is 1. The van der Waals surface area contributed by atoms with Crippen LogP contribution in [0.15, 0.2) is 17.4 Å². The highest BCUT2D eigenvalue weighted by Gasteiger charge is 2.10. The van der Waals surface area contributed by atoms with Crippen LogP contribution in [0.4, 0.5) is 5.82 Å². The molecule has 0 spiro atoms. The van der Waals surface area contributed by atoms with Gasteiger partial charge in [-0.1, -0.05) is 0 Å².